The van der Waals surface area contributed by atoms with Gasteiger partial charge in [-0.15, -0.1) is 0 Å². The maximum absolute atomic E-state index is 9.84. The van der Waals surface area contributed by atoms with Crippen molar-refractivity contribution >= 4 is 56.4 Å². The van der Waals surface area contributed by atoms with E-state index in [2.05, 4.69) is 76.5 Å². The Morgan fingerprint density at radius 3 is 1.88 bits per heavy atom. The van der Waals surface area contributed by atoms with Gasteiger partial charge in [0.1, 0.15) is 5.75 Å². The smallest absolute Gasteiger partial charge is 0.212 e. The molecule has 194 valence electrons. The van der Waals surface area contributed by atoms with Crippen LogP contribution in [0.4, 0.5) is 22.7 Å². The number of rotatable bonds is 6. The van der Waals surface area contributed by atoms with Crippen LogP contribution in [0.1, 0.15) is 16.7 Å². The lowest BCUT2D eigenvalue weighted by Crippen LogP contribution is -2.09. The zero-order valence-corrected chi connectivity index (χ0v) is 22.5. The van der Waals surface area contributed by atoms with Crippen molar-refractivity contribution in [3.63, 3.8) is 0 Å². The molecule has 0 unspecified atom stereocenters. The number of methoxy groups -OCH3 is 1. The largest absolute Gasteiger partial charge is 0.497 e. The van der Waals surface area contributed by atoms with Gasteiger partial charge in [0.25, 0.3) is 0 Å². The molecule has 4 heteroatoms. The first-order valence-corrected chi connectivity index (χ1v) is 13.2. The van der Waals surface area contributed by atoms with E-state index in [9.17, 15) is 5.26 Å². The fourth-order valence-corrected chi connectivity index (χ4v) is 5.21. The Balaban J connectivity index is 1.34. The van der Waals surface area contributed by atoms with Gasteiger partial charge in [-0.3, -0.25) is 0 Å². The number of anilines is 3. The van der Waals surface area contributed by atoms with Crippen molar-refractivity contribution in [2.45, 2.75) is 0 Å². The summed E-state index contributed by atoms with van der Waals surface area (Å²) >= 11 is 0. The molecule has 0 heterocycles. The molecule has 0 fully saturated rings. The molecule has 0 saturated carbocycles. The SMILES string of the molecule is [C-]#[N+]c1c(C#N)c2ccccc2c2ccc(C=Cc3ccc(N(c4ccccc4)c4ccc(OC)cc4)cc3)cc12. The highest BCUT2D eigenvalue weighted by atomic mass is 16.5. The Kier molecular flexibility index (Phi) is 6.89. The summed E-state index contributed by atoms with van der Waals surface area (Å²) in [5.74, 6) is 0.816. The molecular formula is C37H25N3O. The number of fused-ring (bicyclic) bond motifs is 3. The van der Waals surface area contributed by atoms with E-state index in [-0.39, 0.29) is 0 Å². The van der Waals surface area contributed by atoms with Crippen LogP contribution < -0.4 is 9.64 Å². The molecule has 4 nitrogen and oxygen atoms in total. The summed E-state index contributed by atoms with van der Waals surface area (Å²) in [4.78, 5) is 5.96. The van der Waals surface area contributed by atoms with Crippen molar-refractivity contribution in [2.75, 3.05) is 12.0 Å². The molecule has 0 aliphatic rings. The van der Waals surface area contributed by atoms with Gasteiger partial charge in [-0.25, -0.2) is 4.85 Å². The zero-order chi connectivity index (χ0) is 28.2. The van der Waals surface area contributed by atoms with Crippen LogP contribution in [-0.4, -0.2) is 7.11 Å². The van der Waals surface area contributed by atoms with Crippen LogP contribution in [-0.2, 0) is 0 Å². The van der Waals surface area contributed by atoms with Crippen molar-refractivity contribution in [1.29, 1.82) is 5.26 Å². The highest BCUT2D eigenvalue weighted by Crippen LogP contribution is 2.39. The Labute approximate surface area is 239 Å². The van der Waals surface area contributed by atoms with Crippen LogP contribution in [0.5, 0.6) is 5.75 Å². The lowest BCUT2D eigenvalue weighted by atomic mass is 9.94. The van der Waals surface area contributed by atoms with Gasteiger partial charge in [0, 0.05) is 17.1 Å². The first-order chi connectivity index (χ1) is 20.2. The van der Waals surface area contributed by atoms with E-state index in [0.29, 0.717) is 11.3 Å². The van der Waals surface area contributed by atoms with Crippen LogP contribution in [0.25, 0.3) is 38.5 Å². The number of hydrogen-bond acceptors (Lipinski definition) is 3. The molecule has 0 spiro atoms. The van der Waals surface area contributed by atoms with Crippen LogP contribution >= 0.6 is 0 Å². The second-order valence-corrected chi connectivity index (χ2v) is 9.59. The lowest BCUT2D eigenvalue weighted by Gasteiger charge is -2.25. The van der Waals surface area contributed by atoms with Gasteiger partial charge in [-0.2, -0.15) is 5.26 Å². The number of benzene rings is 6. The van der Waals surface area contributed by atoms with Crippen molar-refractivity contribution in [3.8, 4) is 11.8 Å². The summed E-state index contributed by atoms with van der Waals surface area (Å²) in [6.07, 6.45) is 4.11. The fourth-order valence-electron chi connectivity index (χ4n) is 5.21. The summed E-state index contributed by atoms with van der Waals surface area (Å²) in [6, 6.07) is 42.9. The molecule has 0 bridgehead atoms. The lowest BCUT2D eigenvalue weighted by molar-refractivity contribution is 0.415. The zero-order valence-electron chi connectivity index (χ0n) is 22.5. The molecule has 0 aromatic heterocycles. The van der Waals surface area contributed by atoms with Gasteiger partial charge in [-0.1, -0.05) is 84.9 Å². The number of nitrogens with zero attached hydrogens (tertiary/aromatic N) is 3. The van der Waals surface area contributed by atoms with E-state index in [0.717, 1.165) is 55.5 Å². The molecule has 41 heavy (non-hydrogen) atoms. The number of hydrogen-bond donors (Lipinski definition) is 0. The van der Waals surface area contributed by atoms with Gasteiger partial charge in [0.05, 0.1) is 25.3 Å². The van der Waals surface area contributed by atoms with Crippen molar-refractivity contribution in [2.24, 2.45) is 0 Å². The Bertz CT molecular complexity index is 1980. The average Bonchev–Trinajstić information content (AvgIpc) is 3.04. The fraction of sp³-hybridized carbons (Fsp3) is 0.0270. The summed E-state index contributed by atoms with van der Waals surface area (Å²) in [5.41, 5.74) is 6.00. The third-order valence-corrected chi connectivity index (χ3v) is 7.21. The van der Waals surface area contributed by atoms with Gasteiger partial charge in [0.15, 0.2) is 0 Å². The number of para-hydroxylation sites is 1. The predicted octanol–water partition coefficient (Wildman–Crippen LogP) is 10.1. The molecule has 6 rings (SSSR count). The van der Waals surface area contributed by atoms with Crippen LogP contribution in [0.15, 0.2) is 121 Å². The molecule has 6 aromatic carbocycles. The van der Waals surface area contributed by atoms with Crippen molar-refractivity contribution in [1.82, 2.24) is 0 Å². The molecule has 0 amide bonds. The van der Waals surface area contributed by atoms with Crippen molar-refractivity contribution in [3.05, 3.63) is 149 Å². The van der Waals surface area contributed by atoms with E-state index in [4.69, 9.17) is 11.3 Å². The van der Waals surface area contributed by atoms with E-state index >= 15 is 0 Å². The monoisotopic (exact) mass is 527 g/mol. The maximum atomic E-state index is 9.84. The molecule has 6 aromatic rings. The molecule has 0 atom stereocenters. The minimum absolute atomic E-state index is 0.403. The summed E-state index contributed by atoms with van der Waals surface area (Å²) in [7, 11) is 1.67. The Morgan fingerprint density at radius 2 is 1.22 bits per heavy atom. The third kappa shape index (κ3) is 4.87. The molecule has 0 aliphatic carbocycles. The molecule has 0 radical (unpaired) electrons. The molecule has 0 N–H and O–H groups in total. The first kappa shape index (κ1) is 25.4. The van der Waals surface area contributed by atoms with Gasteiger partial charge in [0.2, 0.25) is 5.69 Å². The van der Waals surface area contributed by atoms with E-state index in [1.807, 2.05) is 72.8 Å². The second kappa shape index (κ2) is 11.1. The number of nitriles is 1. The van der Waals surface area contributed by atoms with Crippen LogP contribution in [0.3, 0.4) is 0 Å². The summed E-state index contributed by atoms with van der Waals surface area (Å²) < 4.78 is 5.35. The first-order valence-electron chi connectivity index (χ1n) is 13.2. The quantitative estimate of drug-likeness (QED) is 0.123. The van der Waals surface area contributed by atoms with Crippen LogP contribution in [0.2, 0.25) is 0 Å². The normalized spacial score (nSPS) is 10.9. The molecule has 0 aliphatic heterocycles. The summed E-state index contributed by atoms with van der Waals surface area (Å²) in [6.45, 7) is 7.80. The Hall–Kier alpha value is -5.84. The highest BCUT2D eigenvalue weighted by molar-refractivity contribution is 6.16. The molecule has 0 saturated heterocycles. The van der Waals surface area contributed by atoms with E-state index in [1.54, 1.807) is 7.11 Å². The average molecular weight is 528 g/mol. The Morgan fingerprint density at radius 1 is 0.659 bits per heavy atom. The second-order valence-electron chi connectivity index (χ2n) is 9.59. The topological polar surface area (TPSA) is 40.6 Å². The van der Waals surface area contributed by atoms with Gasteiger partial charge in [-0.05, 0) is 81.2 Å². The predicted molar refractivity (Wildman–Crippen MR) is 169 cm³/mol. The number of ether oxygens (including phenoxy) is 1. The van der Waals surface area contributed by atoms with Gasteiger partial charge >= 0.3 is 0 Å². The van der Waals surface area contributed by atoms with Crippen LogP contribution in [0, 0.1) is 17.9 Å². The van der Waals surface area contributed by atoms with E-state index in [1.165, 1.54) is 0 Å². The van der Waals surface area contributed by atoms with Crippen molar-refractivity contribution < 1.29 is 4.74 Å². The third-order valence-electron chi connectivity index (χ3n) is 7.21. The van der Waals surface area contributed by atoms with Gasteiger partial charge < -0.3 is 9.64 Å². The summed E-state index contributed by atoms with van der Waals surface area (Å²) in [5, 5.41) is 13.4. The minimum atomic E-state index is 0.403. The molecular weight excluding hydrogens is 502 g/mol. The van der Waals surface area contributed by atoms with E-state index < -0.39 is 0 Å². The maximum Gasteiger partial charge on any atom is 0.212 e. The standard InChI is InChI=1S/C37H25N3O/c1-39-37-35-24-27(16-23-34(35)32-10-6-7-11-33(32)36(37)25-38)13-12-26-14-17-29(18-15-26)40(28-8-4-3-5-9-28)30-19-21-31(41-2)22-20-30/h3-24H,2H3. The highest BCUT2D eigenvalue weighted by Gasteiger charge is 2.15. The minimum Gasteiger partial charge on any atom is -0.497 e.